The molecule has 2 aromatic carbocycles. The van der Waals surface area contributed by atoms with Gasteiger partial charge >= 0.3 is 0 Å². The van der Waals surface area contributed by atoms with E-state index in [2.05, 4.69) is 22.5 Å². The Hall–Kier alpha value is -3.86. The minimum absolute atomic E-state index is 0.0578. The van der Waals surface area contributed by atoms with E-state index in [0.29, 0.717) is 29.4 Å². The number of carbonyl (C=O) groups excluding carboxylic acids is 2. The average molecular weight is 499 g/mol. The molecule has 2 amide bonds. The van der Waals surface area contributed by atoms with Gasteiger partial charge in [0.05, 0.1) is 11.7 Å². The number of rotatable bonds is 3. The molecule has 3 aromatic rings. The van der Waals surface area contributed by atoms with E-state index >= 15 is 0 Å². The summed E-state index contributed by atoms with van der Waals surface area (Å²) < 4.78 is 2.08. The third-order valence-corrected chi connectivity index (χ3v) is 7.61. The number of nitrogens with zero attached hydrogens (tertiary/aromatic N) is 3. The van der Waals surface area contributed by atoms with Gasteiger partial charge in [-0.15, -0.1) is 0 Å². The van der Waals surface area contributed by atoms with Crippen LogP contribution in [-0.2, 0) is 11.2 Å². The highest BCUT2D eigenvalue weighted by molar-refractivity contribution is 6.31. The molecule has 2 bridgehead atoms. The van der Waals surface area contributed by atoms with Crippen LogP contribution in [-0.4, -0.2) is 50.6 Å². The fraction of sp³-hybridized carbons (Fsp3) is 0.250. The molecule has 180 valence electrons. The maximum absolute atomic E-state index is 12.5. The van der Waals surface area contributed by atoms with Crippen LogP contribution < -0.4 is 5.73 Å². The van der Waals surface area contributed by atoms with Crippen LogP contribution in [0.4, 0.5) is 0 Å². The van der Waals surface area contributed by atoms with Crippen LogP contribution in [0.15, 0.2) is 48.5 Å². The number of allylic oxidation sites excluding steroid dienone is 2. The smallest absolute Gasteiger partial charge is 0.269 e. The Morgan fingerprint density at radius 2 is 2.06 bits per heavy atom. The number of amides is 2. The van der Waals surface area contributed by atoms with Crippen LogP contribution in [0.25, 0.3) is 17.0 Å². The van der Waals surface area contributed by atoms with Gasteiger partial charge in [0.15, 0.2) is 0 Å². The predicted molar refractivity (Wildman–Crippen MR) is 136 cm³/mol. The number of hydrogen-bond donors (Lipinski definition) is 2. The van der Waals surface area contributed by atoms with Crippen molar-refractivity contribution in [2.45, 2.75) is 30.9 Å². The Labute approximate surface area is 213 Å². The number of aromatic nitrogens is 2. The molecule has 3 N–H and O–H groups in total. The zero-order valence-corrected chi connectivity index (χ0v) is 20.3. The standard InChI is InChI=1S/C28H23ClN4O3/c1-32-11-10-28(36,27(32)35)9-8-16-6-7-20-18-13-19(14-18)33-23(15-17-4-2-3-5-22(17)29)24(25(30)34)31-26(33)21(20)12-16/h2-7,12-13,19,36H,10-11,14-15H2,1H3,(H2,30,34)/t19?,28-/m1/s1. The van der Waals surface area contributed by atoms with E-state index in [4.69, 9.17) is 22.3 Å². The summed E-state index contributed by atoms with van der Waals surface area (Å²) >= 11 is 6.44. The molecular formula is C28H23ClN4O3. The highest BCUT2D eigenvalue weighted by Crippen LogP contribution is 2.48. The third kappa shape index (κ3) is 3.45. The first-order valence-electron chi connectivity index (χ1n) is 11.8. The van der Waals surface area contributed by atoms with Gasteiger partial charge in [-0.2, -0.15) is 0 Å². The van der Waals surface area contributed by atoms with Crippen LogP contribution >= 0.6 is 11.6 Å². The van der Waals surface area contributed by atoms with Crippen molar-refractivity contribution in [2.75, 3.05) is 13.6 Å². The number of primary amides is 1. The Morgan fingerprint density at radius 3 is 2.75 bits per heavy atom. The lowest BCUT2D eigenvalue weighted by atomic mass is 9.86. The van der Waals surface area contributed by atoms with Crippen LogP contribution in [0.3, 0.4) is 0 Å². The van der Waals surface area contributed by atoms with E-state index in [1.165, 1.54) is 10.5 Å². The molecule has 1 unspecified atom stereocenters. The highest BCUT2D eigenvalue weighted by atomic mass is 35.5. The summed E-state index contributed by atoms with van der Waals surface area (Å²) in [5.41, 5.74) is 9.65. The first-order valence-corrected chi connectivity index (χ1v) is 12.1. The van der Waals surface area contributed by atoms with Gasteiger partial charge in [-0.05, 0) is 41.3 Å². The Bertz CT molecular complexity index is 1560. The van der Waals surface area contributed by atoms with Crippen LogP contribution in [0, 0.1) is 11.8 Å². The maximum atomic E-state index is 12.5. The molecule has 0 spiro atoms. The number of halogens is 1. The summed E-state index contributed by atoms with van der Waals surface area (Å²) in [6, 6.07) is 13.4. The van der Waals surface area contributed by atoms with Crippen LogP contribution in [0.2, 0.25) is 5.02 Å². The molecule has 36 heavy (non-hydrogen) atoms. The molecule has 7 rings (SSSR count). The molecular weight excluding hydrogens is 476 g/mol. The van der Waals surface area contributed by atoms with Crippen LogP contribution in [0.1, 0.15) is 51.8 Å². The van der Waals surface area contributed by atoms with Crippen molar-refractivity contribution in [3.8, 4) is 23.2 Å². The van der Waals surface area contributed by atoms with Crippen molar-refractivity contribution in [1.82, 2.24) is 14.5 Å². The van der Waals surface area contributed by atoms with E-state index in [1.807, 2.05) is 42.5 Å². The first-order chi connectivity index (χ1) is 17.2. The fourth-order valence-corrected chi connectivity index (χ4v) is 5.43. The maximum Gasteiger partial charge on any atom is 0.269 e. The van der Waals surface area contributed by atoms with Crippen molar-refractivity contribution in [2.24, 2.45) is 5.73 Å². The molecule has 1 saturated heterocycles. The summed E-state index contributed by atoms with van der Waals surface area (Å²) in [6.07, 6.45) is 3.68. The normalized spacial score (nSPS) is 21.5. The fourth-order valence-electron chi connectivity index (χ4n) is 5.22. The molecule has 8 heteroatoms. The lowest BCUT2D eigenvalue weighted by Gasteiger charge is -2.26. The topological polar surface area (TPSA) is 101 Å². The quantitative estimate of drug-likeness (QED) is 0.541. The lowest BCUT2D eigenvalue weighted by molar-refractivity contribution is -0.137. The Balaban J connectivity index is 1.47. The molecule has 7 nitrogen and oxygen atoms in total. The van der Waals surface area contributed by atoms with E-state index in [1.54, 1.807) is 7.05 Å². The van der Waals surface area contributed by atoms with Crippen molar-refractivity contribution < 1.29 is 14.7 Å². The minimum Gasteiger partial charge on any atom is -0.369 e. The lowest BCUT2D eigenvalue weighted by Crippen LogP contribution is -2.37. The monoisotopic (exact) mass is 498 g/mol. The summed E-state index contributed by atoms with van der Waals surface area (Å²) in [6.45, 7) is 0.464. The molecule has 1 fully saturated rings. The van der Waals surface area contributed by atoms with Gasteiger partial charge in [0.25, 0.3) is 11.8 Å². The number of aliphatic hydroxyl groups is 1. The van der Waals surface area contributed by atoms with E-state index < -0.39 is 11.5 Å². The Morgan fingerprint density at radius 1 is 1.28 bits per heavy atom. The molecule has 1 aromatic heterocycles. The molecule has 4 aliphatic rings. The van der Waals surface area contributed by atoms with Crippen LogP contribution in [0.5, 0.6) is 0 Å². The number of benzene rings is 2. The number of hydrogen-bond acceptors (Lipinski definition) is 4. The minimum atomic E-state index is -1.68. The van der Waals surface area contributed by atoms with Crippen molar-refractivity contribution in [3.63, 3.8) is 0 Å². The average Bonchev–Trinajstić information content (AvgIpc) is 3.23. The summed E-state index contributed by atoms with van der Waals surface area (Å²) in [5.74, 6) is 5.43. The zero-order chi connectivity index (χ0) is 25.2. The summed E-state index contributed by atoms with van der Waals surface area (Å²) in [7, 11) is 1.65. The second-order valence-corrected chi connectivity index (χ2v) is 9.95. The second-order valence-electron chi connectivity index (χ2n) is 9.54. The molecule has 1 aliphatic carbocycles. The van der Waals surface area contributed by atoms with Gasteiger partial charge in [-0.25, -0.2) is 4.98 Å². The number of imidazole rings is 1. The molecule has 2 atom stereocenters. The van der Waals surface area contributed by atoms with Crippen molar-refractivity contribution >= 4 is 29.0 Å². The molecule has 3 aliphatic heterocycles. The zero-order valence-electron chi connectivity index (χ0n) is 19.6. The largest absolute Gasteiger partial charge is 0.369 e. The van der Waals surface area contributed by atoms with Gasteiger partial charge in [0.2, 0.25) is 5.60 Å². The number of nitrogens with two attached hydrogens (primary N) is 1. The second kappa shape index (κ2) is 8.09. The van der Waals surface area contributed by atoms with E-state index in [0.717, 1.165) is 28.8 Å². The summed E-state index contributed by atoms with van der Waals surface area (Å²) in [4.78, 5) is 31.0. The summed E-state index contributed by atoms with van der Waals surface area (Å²) in [5, 5.41) is 11.3. The molecule has 0 saturated carbocycles. The molecule has 4 heterocycles. The number of likely N-dealkylation sites (N-methyl/N-ethyl adjacent to an activating group) is 1. The van der Waals surface area contributed by atoms with E-state index in [-0.39, 0.29) is 24.1 Å². The molecule has 0 radical (unpaired) electrons. The van der Waals surface area contributed by atoms with Gasteiger partial charge in [0.1, 0.15) is 11.5 Å². The van der Waals surface area contributed by atoms with Gasteiger partial charge in [-0.3, -0.25) is 9.59 Å². The van der Waals surface area contributed by atoms with E-state index in [9.17, 15) is 14.7 Å². The van der Waals surface area contributed by atoms with Gasteiger partial charge in [0, 0.05) is 42.6 Å². The SMILES string of the molecule is CN1CC[C@](O)(C#Cc2ccc3c(c2)-c2nc(C(N)=O)c(Cc4ccccc4Cl)n2C2C=C3C2)C1=O. The first kappa shape index (κ1) is 22.6. The van der Waals surface area contributed by atoms with Crippen molar-refractivity contribution in [3.05, 3.63) is 81.6 Å². The number of carbonyl (C=O) groups is 2. The van der Waals surface area contributed by atoms with Gasteiger partial charge < -0.3 is 20.3 Å². The van der Waals surface area contributed by atoms with Gasteiger partial charge in [-0.1, -0.05) is 53.8 Å². The third-order valence-electron chi connectivity index (χ3n) is 7.24. The predicted octanol–water partition coefficient (Wildman–Crippen LogP) is 3.18. The number of likely N-dealkylation sites (tertiary alicyclic amines) is 1. The Kier molecular flexibility index (Phi) is 5.08. The van der Waals surface area contributed by atoms with Crippen molar-refractivity contribution in [1.29, 1.82) is 0 Å². The highest BCUT2D eigenvalue weighted by Gasteiger charge is 2.42.